The minimum Gasteiger partial charge on any atom is -0.347 e. The molecule has 1 aliphatic heterocycles. The SMILES string of the molecule is CNC(C)C(=O)NC(C(=O)N1C(C(=O)NC2CCCc3ccccc32)CC2CCCCC21)C(C)C. The van der Waals surface area contributed by atoms with Crippen molar-refractivity contribution in [1.29, 1.82) is 0 Å². The lowest BCUT2D eigenvalue weighted by atomic mass is 9.84. The number of fused-ring (bicyclic) bond motifs is 2. The summed E-state index contributed by atoms with van der Waals surface area (Å²) in [6, 6.07) is 6.89. The Kier molecular flexibility index (Phi) is 8.15. The van der Waals surface area contributed by atoms with Crippen LogP contribution in [0.25, 0.3) is 0 Å². The average molecular weight is 483 g/mol. The number of likely N-dealkylation sites (N-methyl/N-ethyl adjacent to an activating group) is 1. The normalized spacial score (nSPS) is 27.5. The van der Waals surface area contributed by atoms with Crippen LogP contribution in [0.2, 0.25) is 0 Å². The molecule has 1 saturated carbocycles. The second-order valence-corrected chi connectivity index (χ2v) is 11.0. The second kappa shape index (κ2) is 11.1. The van der Waals surface area contributed by atoms with Gasteiger partial charge in [-0.1, -0.05) is 51.0 Å². The predicted molar refractivity (Wildman–Crippen MR) is 137 cm³/mol. The highest BCUT2D eigenvalue weighted by atomic mass is 16.2. The van der Waals surface area contributed by atoms with Gasteiger partial charge in [0, 0.05) is 6.04 Å². The van der Waals surface area contributed by atoms with Gasteiger partial charge in [-0.2, -0.15) is 0 Å². The molecule has 2 aliphatic carbocycles. The minimum absolute atomic E-state index is 0.0101. The summed E-state index contributed by atoms with van der Waals surface area (Å²) >= 11 is 0. The molecule has 0 radical (unpaired) electrons. The van der Waals surface area contributed by atoms with Crippen molar-refractivity contribution in [3.63, 3.8) is 0 Å². The fourth-order valence-corrected chi connectivity index (χ4v) is 6.27. The Balaban J connectivity index is 1.56. The van der Waals surface area contributed by atoms with Crippen LogP contribution < -0.4 is 16.0 Å². The molecule has 192 valence electrons. The Labute approximate surface area is 209 Å². The van der Waals surface area contributed by atoms with E-state index in [1.807, 2.05) is 24.8 Å². The van der Waals surface area contributed by atoms with Gasteiger partial charge in [0.1, 0.15) is 12.1 Å². The summed E-state index contributed by atoms with van der Waals surface area (Å²) in [6.45, 7) is 5.69. The number of amides is 3. The molecule has 1 saturated heterocycles. The van der Waals surface area contributed by atoms with Crippen LogP contribution in [0.3, 0.4) is 0 Å². The second-order valence-electron chi connectivity index (χ2n) is 11.0. The third-order valence-electron chi connectivity index (χ3n) is 8.39. The Bertz CT molecular complexity index is 933. The van der Waals surface area contributed by atoms with Crippen molar-refractivity contribution < 1.29 is 14.4 Å². The molecular weight excluding hydrogens is 440 g/mol. The first-order valence-corrected chi connectivity index (χ1v) is 13.5. The largest absolute Gasteiger partial charge is 0.347 e. The maximum Gasteiger partial charge on any atom is 0.246 e. The number of benzene rings is 1. The molecule has 0 spiro atoms. The molecule has 7 heteroatoms. The molecule has 0 bridgehead atoms. The van der Waals surface area contributed by atoms with E-state index in [2.05, 4.69) is 34.1 Å². The van der Waals surface area contributed by atoms with Crippen LogP contribution in [0, 0.1) is 11.8 Å². The fourth-order valence-electron chi connectivity index (χ4n) is 6.27. The van der Waals surface area contributed by atoms with E-state index >= 15 is 0 Å². The van der Waals surface area contributed by atoms with Crippen molar-refractivity contribution in [2.45, 2.75) is 102 Å². The Morgan fingerprint density at radius 3 is 2.49 bits per heavy atom. The monoisotopic (exact) mass is 482 g/mol. The number of carbonyl (C=O) groups is 3. The molecular formula is C28H42N4O3. The molecule has 1 heterocycles. The van der Waals surface area contributed by atoms with Gasteiger partial charge in [-0.3, -0.25) is 14.4 Å². The van der Waals surface area contributed by atoms with E-state index in [1.165, 1.54) is 11.1 Å². The molecule has 3 N–H and O–H groups in total. The smallest absolute Gasteiger partial charge is 0.246 e. The summed E-state index contributed by atoms with van der Waals surface area (Å²) in [5.74, 6) is -0.0881. The van der Waals surface area contributed by atoms with Gasteiger partial charge in [0.25, 0.3) is 0 Å². The Morgan fingerprint density at radius 2 is 1.74 bits per heavy atom. The number of hydrogen-bond acceptors (Lipinski definition) is 4. The summed E-state index contributed by atoms with van der Waals surface area (Å²) in [5.41, 5.74) is 2.51. The van der Waals surface area contributed by atoms with Crippen molar-refractivity contribution in [2.75, 3.05) is 7.05 Å². The van der Waals surface area contributed by atoms with E-state index in [0.717, 1.165) is 44.9 Å². The van der Waals surface area contributed by atoms with Gasteiger partial charge in [0.15, 0.2) is 0 Å². The number of nitrogens with zero attached hydrogens (tertiary/aromatic N) is 1. The van der Waals surface area contributed by atoms with Crippen LogP contribution in [-0.4, -0.2) is 53.8 Å². The van der Waals surface area contributed by atoms with Crippen LogP contribution in [-0.2, 0) is 20.8 Å². The maximum absolute atomic E-state index is 14.0. The summed E-state index contributed by atoms with van der Waals surface area (Å²) in [6.07, 6.45) is 7.93. The molecule has 3 aliphatic rings. The van der Waals surface area contributed by atoms with Crippen molar-refractivity contribution >= 4 is 17.7 Å². The molecule has 0 aromatic heterocycles. The lowest BCUT2D eigenvalue weighted by molar-refractivity contribution is -0.145. The first-order valence-electron chi connectivity index (χ1n) is 13.5. The standard InChI is InChI=1S/C28H42N4O3/c1-17(2)25(31-26(33)18(3)29-4)28(35)32-23-15-8-6-11-20(23)16-24(32)27(34)30-22-14-9-12-19-10-5-7-13-21(19)22/h5,7,10,13,17-18,20,22-25,29H,6,8-9,11-12,14-16H2,1-4H3,(H,30,34)(H,31,33). The van der Waals surface area contributed by atoms with Gasteiger partial charge in [-0.05, 0) is 75.5 Å². The van der Waals surface area contributed by atoms with Crippen molar-refractivity contribution in [3.8, 4) is 0 Å². The van der Waals surface area contributed by atoms with Crippen molar-refractivity contribution in [3.05, 3.63) is 35.4 Å². The highest BCUT2D eigenvalue weighted by Crippen LogP contribution is 2.41. The fraction of sp³-hybridized carbons (Fsp3) is 0.679. The van der Waals surface area contributed by atoms with Crippen molar-refractivity contribution in [1.82, 2.24) is 20.9 Å². The molecule has 4 rings (SSSR count). The molecule has 35 heavy (non-hydrogen) atoms. The molecule has 2 fully saturated rings. The number of nitrogens with one attached hydrogen (secondary N) is 3. The van der Waals surface area contributed by atoms with Gasteiger partial charge in [-0.25, -0.2) is 0 Å². The summed E-state index contributed by atoms with van der Waals surface area (Å²) in [4.78, 5) is 42.3. The van der Waals surface area contributed by atoms with Gasteiger partial charge >= 0.3 is 0 Å². The third-order valence-corrected chi connectivity index (χ3v) is 8.39. The lowest BCUT2D eigenvalue weighted by Crippen LogP contribution is -2.59. The molecule has 1 aromatic carbocycles. The maximum atomic E-state index is 14.0. The third kappa shape index (κ3) is 5.40. The van der Waals surface area contributed by atoms with Crippen LogP contribution in [0.4, 0.5) is 0 Å². The zero-order chi connectivity index (χ0) is 25.1. The van der Waals surface area contributed by atoms with Crippen LogP contribution in [0.1, 0.15) is 82.9 Å². The average Bonchev–Trinajstić information content (AvgIpc) is 3.26. The first kappa shape index (κ1) is 25.7. The van der Waals surface area contributed by atoms with E-state index < -0.39 is 18.1 Å². The first-order chi connectivity index (χ1) is 16.8. The number of likely N-dealkylation sites (tertiary alicyclic amines) is 1. The molecule has 3 amide bonds. The molecule has 6 atom stereocenters. The van der Waals surface area contributed by atoms with Gasteiger partial charge in [-0.15, -0.1) is 0 Å². The van der Waals surface area contributed by atoms with Gasteiger partial charge in [0.05, 0.1) is 12.1 Å². The lowest BCUT2D eigenvalue weighted by Gasteiger charge is -2.37. The summed E-state index contributed by atoms with van der Waals surface area (Å²) in [5, 5.41) is 9.23. The van der Waals surface area contributed by atoms with E-state index in [0.29, 0.717) is 12.3 Å². The van der Waals surface area contributed by atoms with E-state index in [9.17, 15) is 14.4 Å². The zero-order valence-electron chi connectivity index (χ0n) is 21.7. The molecule has 6 unspecified atom stereocenters. The number of hydrogen-bond donors (Lipinski definition) is 3. The van der Waals surface area contributed by atoms with Crippen LogP contribution >= 0.6 is 0 Å². The van der Waals surface area contributed by atoms with Gasteiger partial charge < -0.3 is 20.9 Å². The summed E-state index contributed by atoms with van der Waals surface area (Å²) in [7, 11) is 1.73. The Morgan fingerprint density at radius 1 is 1.00 bits per heavy atom. The number of carbonyl (C=O) groups excluding carboxylic acids is 3. The topological polar surface area (TPSA) is 90.5 Å². The van der Waals surface area contributed by atoms with Crippen molar-refractivity contribution in [2.24, 2.45) is 11.8 Å². The minimum atomic E-state index is -0.648. The van der Waals surface area contributed by atoms with E-state index in [1.54, 1.807) is 14.0 Å². The van der Waals surface area contributed by atoms with E-state index in [-0.39, 0.29) is 35.7 Å². The quantitative estimate of drug-likeness (QED) is 0.557. The number of rotatable bonds is 7. The van der Waals surface area contributed by atoms with Gasteiger partial charge in [0.2, 0.25) is 17.7 Å². The highest BCUT2D eigenvalue weighted by molar-refractivity contribution is 5.94. The highest BCUT2D eigenvalue weighted by Gasteiger charge is 2.49. The predicted octanol–water partition coefficient (Wildman–Crippen LogP) is 3.09. The Hall–Kier alpha value is -2.41. The van der Waals surface area contributed by atoms with E-state index in [4.69, 9.17) is 0 Å². The van der Waals surface area contributed by atoms with Crippen LogP contribution in [0.5, 0.6) is 0 Å². The molecule has 1 aromatic rings. The zero-order valence-corrected chi connectivity index (χ0v) is 21.7. The van der Waals surface area contributed by atoms with Crippen LogP contribution in [0.15, 0.2) is 24.3 Å². The molecule has 7 nitrogen and oxygen atoms in total. The number of aryl methyl sites for hydroxylation is 1. The summed E-state index contributed by atoms with van der Waals surface area (Å²) < 4.78 is 0.